The first-order valence-corrected chi connectivity index (χ1v) is 9.28. The first kappa shape index (κ1) is 18.9. The molecule has 29 heavy (non-hydrogen) atoms. The van der Waals surface area contributed by atoms with Crippen molar-refractivity contribution in [3.05, 3.63) is 58.8 Å². The molecule has 0 bridgehead atoms. The van der Waals surface area contributed by atoms with Crippen molar-refractivity contribution in [2.45, 2.75) is 32.6 Å². The molecule has 1 amide bonds. The van der Waals surface area contributed by atoms with Crippen LogP contribution in [0.2, 0.25) is 0 Å². The van der Waals surface area contributed by atoms with E-state index in [4.69, 9.17) is 9.26 Å². The van der Waals surface area contributed by atoms with Gasteiger partial charge in [0.25, 0.3) is 5.91 Å². The summed E-state index contributed by atoms with van der Waals surface area (Å²) in [6.07, 6.45) is 3.38. The number of ether oxygens (including phenoxy) is 1. The number of nitrogens with one attached hydrogen (secondary N) is 1. The molecule has 1 aromatic carbocycles. The van der Waals surface area contributed by atoms with Crippen LogP contribution in [0.25, 0.3) is 5.69 Å². The molecule has 0 spiro atoms. The zero-order valence-corrected chi connectivity index (χ0v) is 15.8. The molecule has 0 unspecified atom stereocenters. The molecule has 9 heteroatoms. The van der Waals surface area contributed by atoms with Crippen LogP contribution in [0.15, 0.2) is 34.9 Å². The van der Waals surface area contributed by atoms with Crippen molar-refractivity contribution in [3.8, 4) is 5.69 Å². The minimum atomic E-state index is -0.673. The quantitative estimate of drug-likeness (QED) is 0.664. The predicted octanol–water partition coefficient (Wildman–Crippen LogP) is 2.98. The Bertz CT molecular complexity index is 1060. The monoisotopic (exact) mass is 398 g/mol. The second-order valence-electron chi connectivity index (χ2n) is 6.83. The molecule has 3 aromatic rings. The van der Waals surface area contributed by atoms with E-state index in [1.807, 2.05) is 0 Å². The van der Waals surface area contributed by atoms with E-state index in [1.165, 1.54) is 12.1 Å². The van der Waals surface area contributed by atoms with Gasteiger partial charge in [0.05, 0.1) is 11.4 Å². The summed E-state index contributed by atoms with van der Waals surface area (Å²) in [5.74, 6) is -1.38. The van der Waals surface area contributed by atoms with Crippen molar-refractivity contribution >= 4 is 17.8 Å². The number of esters is 1. The molecule has 0 atom stereocenters. The van der Waals surface area contributed by atoms with Crippen molar-refractivity contribution in [3.63, 3.8) is 0 Å². The molecule has 4 rings (SSSR count). The number of anilines is 1. The molecule has 0 saturated heterocycles. The highest BCUT2D eigenvalue weighted by atomic mass is 19.1. The number of fused-ring (bicyclic) bond motifs is 1. The fraction of sp³-hybridized carbons (Fsp3) is 0.300. The van der Waals surface area contributed by atoms with E-state index in [2.05, 4.69) is 15.6 Å². The lowest BCUT2D eigenvalue weighted by atomic mass is 9.95. The average Bonchev–Trinajstić information content (AvgIpc) is 3.30. The maximum absolute atomic E-state index is 13.3. The van der Waals surface area contributed by atoms with E-state index in [-0.39, 0.29) is 17.4 Å². The molecular weight excluding hydrogens is 379 g/mol. The maximum Gasteiger partial charge on any atom is 0.359 e. The summed E-state index contributed by atoms with van der Waals surface area (Å²) >= 11 is 0. The summed E-state index contributed by atoms with van der Waals surface area (Å²) in [5, 5.41) is 10.5. The highest BCUT2D eigenvalue weighted by Crippen LogP contribution is 2.27. The van der Waals surface area contributed by atoms with Gasteiger partial charge in [0.2, 0.25) is 5.88 Å². The number of amides is 1. The normalized spacial score (nSPS) is 13.0. The van der Waals surface area contributed by atoms with Crippen molar-refractivity contribution in [1.82, 2.24) is 14.9 Å². The van der Waals surface area contributed by atoms with Crippen molar-refractivity contribution in [1.29, 1.82) is 0 Å². The summed E-state index contributed by atoms with van der Waals surface area (Å²) in [6, 6.07) is 7.47. The summed E-state index contributed by atoms with van der Waals surface area (Å²) in [5.41, 5.74) is 3.21. The molecular formula is C20H19FN4O4. The van der Waals surface area contributed by atoms with Gasteiger partial charge in [0.15, 0.2) is 12.3 Å². The molecule has 1 aliphatic rings. The number of halogens is 1. The zero-order chi connectivity index (χ0) is 20.4. The van der Waals surface area contributed by atoms with Crippen LogP contribution in [0.3, 0.4) is 0 Å². The predicted molar refractivity (Wildman–Crippen MR) is 100 cm³/mol. The Morgan fingerprint density at radius 1 is 1.24 bits per heavy atom. The van der Waals surface area contributed by atoms with E-state index in [1.54, 1.807) is 29.8 Å². The molecule has 0 saturated carbocycles. The Labute approximate surface area is 165 Å². The van der Waals surface area contributed by atoms with E-state index in [0.717, 1.165) is 30.5 Å². The SMILES string of the molecule is Cc1cc(NC(=O)COC(=O)c2nn(-c3ccc(F)cc3)c3c2CCCC3)on1. The standard InChI is InChI=1S/C20H19FN4O4/c1-12-10-18(29-24-12)22-17(26)11-28-20(27)19-15-4-2-3-5-16(15)25(23-19)14-8-6-13(21)7-9-14/h6-10H,2-5,11H2,1H3,(H,22,26). The maximum atomic E-state index is 13.3. The lowest BCUT2D eigenvalue weighted by Crippen LogP contribution is -2.21. The molecule has 0 aliphatic heterocycles. The van der Waals surface area contributed by atoms with Crippen molar-refractivity contribution in [2.24, 2.45) is 0 Å². The van der Waals surface area contributed by atoms with Crippen molar-refractivity contribution in [2.75, 3.05) is 11.9 Å². The van der Waals surface area contributed by atoms with Gasteiger partial charge in [-0.1, -0.05) is 5.16 Å². The second-order valence-corrected chi connectivity index (χ2v) is 6.83. The number of aromatic nitrogens is 3. The molecule has 0 radical (unpaired) electrons. The van der Waals surface area contributed by atoms with E-state index < -0.39 is 18.5 Å². The van der Waals surface area contributed by atoms with Crippen LogP contribution >= 0.6 is 0 Å². The summed E-state index contributed by atoms with van der Waals surface area (Å²) in [6.45, 7) is 1.25. The van der Waals surface area contributed by atoms with Crippen LogP contribution in [0.4, 0.5) is 10.3 Å². The minimum absolute atomic E-state index is 0.182. The molecule has 2 aromatic heterocycles. The lowest BCUT2D eigenvalue weighted by molar-refractivity contribution is -0.119. The van der Waals surface area contributed by atoms with Crippen molar-refractivity contribution < 1.29 is 23.2 Å². The van der Waals surface area contributed by atoms with E-state index in [0.29, 0.717) is 17.8 Å². The van der Waals surface area contributed by atoms with Gasteiger partial charge in [-0.05, 0) is 56.9 Å². The second kappa shape index (κ2) is 7.86. The van der Waals surface area contributed by atoms with Gasteiger partial charge in [0, 0.05) is 17.3 Å². The van der Waals surface area contributed by atoms with Gasteiger partial charge >= 0.3 is 5.97 Å². The Hall–Kier alpha value is -3.49. The van der Waals surface area contributed by atoms with Gasteiger partial charge in [-0.15, -0.1) is 0 Å². The number of hydrogen-bond donors (Lipinski definition) is 1. The van der Waals surface area contributed by atoms with Gasteiger partial charge in [-0.25, -0.2) is 13.9 Å². The smallest absolute Gasteiger partial charge is 0.359 e. The van der Waals surface area contributed by atoms with E-state index >= 15 is 0 Å². The third-order valence-electron chi connectivity index (χ3n) is 4.67. The van der Waals surface area contributed by atoms with Gasteiger partial charge in [-0.3, -0.25) is 10.1 Å². The summed E-state index contributed by atoms with van der Waals surface area (Å²) in [7, 11) is 0. The highest BCUT2D eigenvalue weighted by molar-refractivity contribution is 5.94. The highest BCUT2D eigenvalue weighted by Gasteiger charge is 2.27. The topological polar surface area (TPSA) is 99.2 Å². The Morgan fingerprint density at radius 3 is 2.72 bits per heavy atom. The number of carbonyl (C=O) groups excluding carboxylic acids is 2. The Kier molecular flexibility index (Phi) is 5.11. The Morgan fingerprint density at radius 2 is 2.00 bits per heavy atom. The number of rotatable bonds is 5. The lowest BCUT2D eigenvalue weighted by Gasteiger charge is -2.14. The number of benzene rings is 1. The van der Waals surface area contributed by atoms with Gasteiger partial charge in [-0.2, -0.15) is 5.10 Å². The summed E-state index contributed by atoms with van der Waals surface area (Å²) in [4.78, 5) is 24.6. The van der Waals surface area contributed by atoms with E-state index in [9.17, 15) is 14.0 Å². The fourth-order valence-electron chi connectivity index (χ4n) is 3.35. The van der Waals surface area contributed by atoms with Gasteiger partial charge in [0.1, 0.15) is 5.82 Å². The molecule has 150 valence electrons. The molecule has 8 nitrogen and oxygen atoms in total. The molecule has 1 aliphatic carbocycles. The Balaban J connectivity index is 1.50. The average molecular weight is 398 g/mol. The van der Waals surface area contributed by atoms with Crippen LogP contribution in [-0.4, -0.2) is 33.4 Å². The number of carbonyl (C=O) groups is 2. The van der Waals surface area contributed by atoms with Crippen LogP contribution in [0.1, 0.15) is 40.3 Å². The first-order valence-electron chi connectivity index (χ1n) is 9.28. The fourth-order valence-corrected chi connectivity index (χ4v) is 3.35. The molecule has 1 N–H and O–H groups in total. The van der Waals surface area contributed by atoms with Crippen LogP contribution in [-0.2, 0) is 22.4 Å². The zero-order valence-electron chi connectivity index (χ0n) is 15.8. The number of aryl methyl sites for hydroxylation is 1. The first-order chi connectivity index (χ1) is 14.0. The van der Waals surface area contributed by atoms with Gasteiger partial charge < -0.3 is 9.26 Å². The summed E-state index contributed by atoms with van der Waals surface area (Å²) < 4.78 is 25.0. The number of nitrogens with zero attached hydrogens (tertiary/aromatic N) is 3. The molecule has 0 fully saturated rings. The third kappa shape index (κ3) is 4.03. The van der Waals surface area contributed by atoms with Crippen LogP contribution in [0, 0.1) is 12.7 Å². The third-order valence-corrected chi connectivity index (χ3v) is 4.67. The van der Waals surface area contributed by atoms with Crippen LogP contribution in [0.5, 0.6) is 0 Å². The largest absolute Gasteiger partial charge is 0.451 e. The minimum Gasteiger partial charge on any atom is -0.451 e. The number of hydrogen-bond acceptors (Lipinski definition) is 6. The van der Waals surface area contributed by atoms with Crippen LogP contribution < -0.4 is 5.32 Å². The molecule has 2 heterocycles.